The van der Waals surface area contributed by atoms with Gasteiger partial charge in [-0.25, -0.2) is 0 Å². The third kappa shape index (κ3) is 2.18. The Balaban J connectivity index is 1.81. The van der Waals surface area contributed by atoms with Crippen LogP contribution in [0.15, 0.2) is 0 Å². The molecule has 0 radical (unpaired) electrons. The van der Waals surface area contributed by atoms with E-state index in [9.17, 15) is 0 Å². The van der Waals surface area contributed by atoms with Crippen LogP contribution in [0.4, 0.5) is 0 Å². The summed E-state index contributed by atoms with van der Waals surface area (Å²) >= 11 is 0. The second-order valence-corrected chi connectivity index (χ2v) is 9.89. The summed E-state index contributed by atoms with van der Waals surface area (Å²) in [6.45, 7) is 8.22. The van der Waals surface area contributed by atoms with E-state index in [1.165, 1.54) is 77.8 Å². The average molecular weight is 255 g/mol. The Labute approximate surface area is 107 Å². The first kappa shape index (κ1) is 12.4. The van der Waals surface area contributed by atoms with Crippen LogP contribution in [-0.2, 0) is 0 Å². The minimum absolute atomic E-state index is 1.37. The van der Waals surface area contributed by atoms with Gasteiger partial charge in [0.25, 0.3) is 0 Å². The fraction of sp³-hybridized carbons (Fsp3) is 1.00. The molecular weight excluding hydrogens is 228 g/mol. The minimum atomic E-state index is -1.45. The molecule has 3 rings (SSSR count). The van der Waals surface area contributed by atoms with E-state index in [1.807, 2.05) is 0 Å². The van der Waals surface area contributed by atoms with E-state index >= 15 is 0 Å². The Morgan fingerprint density at radius 2 is 0.765 bits per heavy atom. The number of rotatable bonds is 3. The van der Waals surface area contributed by atoms with E-state index in [0.29, 0.717) is 0 Å². The van der Waals surface area contributed by atoms with Gasteiger partial charge in [0.1, 0.15) is 0 Å². The van der Waals surface area contributed by atoms with Crippen molar-refractivity contribution in [2.24, 2.45) is 0 Å². The summed E-state index contributed by atoms with van der Waals surface area (Å²) in [7, 11) is 1.18. The molecule has 5 heteroatoms. The van der Waals surface area contributed by atoms with Gasteiger partial charge in [-0.15, -0.1) is 0 Å². The number of hydrogen-bond donors (Lipinski definition) is 0. The first-order chi connectivity index (χ1) is 8.32. The quantitative estimate of drug-likeness (QED) is 0.556. The van der Waals surface area contributed by atoms with Gasteiger partial charge in [0.15, 0.2) is 0 Å². The van der Waals surface area contributed by atoms with Gasteiger partial charge in [0.2, 0.25) is 0 Å². The van der Waals surface area contributed by atoms with Gasteiger partial charge in [-0.2, -0.15) is 0 Å². The van der Waals surface area contributed by atoms with Crippen LogP contribution in [0.3, 0.4) is 0 Å². The van der Waals surface area contributed by atoms with Crippen LogP contribution in [-0.4, -0.2) is 60.8 Å². The summed E-state index contributed by atoms with van der Waals surface area (Å²) in [5.74, 6) is 0. The molecule has 0 N–H and O–H groups in total. The molecular formula is C12H27BN3P. The van der Waals surface area contributed by atoms with E-state index in [-0.39, 0.29) is 0 Å². The molecule has 0 bridgehead atoms. The molecule has 0 saturated carbocycles. The Morgan fingerprint density at radius 1 is 0.529 bits per heavy atom. The summed E-state index contributed by atoms with van der Waals surface area (Å²) in [5.41, 5.74) is 0. The van der Waals surface area contributed by atoms with Crippen molar-refractivity contribution in [3.05, 3.63) is 0 Å². The van der Waals surface area contributed by atoms with Crippen molar-refractivity contribution >= 4 is 15.2 Å². The normalized spacial score (nSPS) is 30.4. The molecule has 0 spiro atoms. The molecule has 98 valence electrons. The van der Waals surface area contributed by atoms with Crippen LogP contribution in [0.25, 0.3) is 0 Å². The molecule has 0 unspecified atom stereocenters. The van der Waals surface area contributed by atoms with Gasteiger partial charge < -0.3 is 0 Å². The Kier molecular flexibility index (Phi) is 3.77. The number of hydrogen-bond acceptors (Lipinski definition) is 3. The molecule has 0 aromatic carbocycles. The molecule has 3 aliphatic heterocycles. The van der Waals surface area contributed by atoms with Crippen LogP contribution in [0, 0.1) is 0 Å². The van der Waals surface area contributed by atoms with Crippen LogP contribution < -0.4 is 0 Å². The zero-order valence-corrected chi connectivity index (χ0v) is 12.3. The van der Waals surface area contributed by atoms with Gasteiger partial charge in [0, 0.05) is 0 Å². The second-order valence-electron chi connectivity index (χ2n) is 6.05. The molecule has 0 amide bonds. The van der Waals surface area contributed by atoms with Crippen LogP contribution in [0.2, 0.25) is 0 Å². The summed E-state index contributed by atoms with van der Waals surface area (Å²) in [6.07, 6.45) is 8.61. The average Bonchev–Trinajstić information content (AvgIpc) is 3.10. The van der Waals surface area contributed by atoms with Gasteiger partial charge in [-0.1, -0.05) is 0 Å². The van der Waals surface area contributed by atoms with Crippen molar-refractivity contribution in [3.8, 4) is 0 Å². The van der Waals surface area contributed by atoms with Crippen LogP contribution in [0.5, 0.6) is 0 Å². The third-order valence-electron chi connectivity index (χ3n) is 5.12. The predicted molar refractivity (Wildman–Crippen MR) is 79.3 cm³/mol. The SMILES string of the molecule is B[PH](N1CCCC1)(N1CCCC1)N1CCCC1. The van der Waals surface area contributed by atoms with E-state index in [1.54, 1.807) is 0 Å². The number of nitrogens with zero attached hydrogens (tertiary/aromatic N) is 3. The maximum absolute atomic E-state index is 2.89. The maximum atomic E-state index is 2.89. The van der Waals surface area contributed by atoms with Crippen molar-refractivity contribution in [1.29, 1.82) is 0 Å². The van der Waals surface area contributed by atoms with Crippen molar-refractivity contribution in [1.82, 2.24) is 14.0 Å². The molecule has 3 heterocycles. The first-order valence-electron chi connectivity index (χ1n) is 7.57. The standard InChI is InChI=1S/C12H27BN3P/c13-17(14-7-1-2-8-14,15-9-3-4-10-15)16-11-5-6-12-16/h17H,1-13H2. The predicted octanol–water partition coefficient (Wildman–Crippen LogP) is 1.32. The fourth-order valence-electron chi connectivity index (χ4n) is 4.02. The van der Waals surface area contributed by atoms with Crippen molar-refractivity contribution in [2.75, 3.05) is 39.3 Å². The molecule has 17 heavy (non-hydrogen) atoms. The van der Waals surface area contributed by atoms with Crippen molar-refractivity contribution in [3.63, 3.8) is 0 Å². The Morgan fingerprint density at radius 3 is 1.00 bits per heavy atom. The monoisotopic (exact) mass is 255 g/mol. The van der Waals surface area contributed by atoms with E-state index in [2.05, 4.69) is 21.6 Å². The molecule has 0 aliphatic carbocycles. The van der Waals surface area contributed by atoms with Crippen LogP contribution >= 0.6 is 7.59 Å². The summed E-state index contributed by atoms with van der Waals surface area (Å²) < 4.78 is 8.68. The molecule has 3 nitrogen and oxygen atoms in total. The Bertz CT molecular complexity index is 218. The molecule has 3 fully saturated rings. The molecule has 0 atom stereocenters. The molecule has 0 aromatic rings. The summed E-state index contributed by atoms with van der Waals surface area (Å²) in [6, 6.07) is 0. The van der Waals surface area contributed by atoms with Crippen LogP contribution in [0.1, 0.15) is 38.5 Å². The zero-order chi connectivity index (χ0) is 11.7. The zero-order valence-electron chi connectivity index (χ0n) is 11.3. The molecule has 0 aromatic heterocycles. The molecule has 3 aliphatic rings. The summed E-state index contributed by atoms with van der Waals surface area (Å²) in [5, 5.41) is 0. The molecule has 3 saturated heterocycles. The topological polar surface area (TPSA) is 9.72 Å². The second kappa shape index (κ2) is 5.17. The van der Waals surface area contributed by atoms with Crippen molar-refractivity contribution < 1.29 is 0 Å². The van der Waals surface area contributed by atoms with Crippen molar-refractivity contribution in [2.45, 2.75) is 38.5 Å². The van der Waals surface area contributed by atoms with Gasteiger partial charge in [-0.3, -0.25) is 0 Å². The van der Waals surface area contributed by atoms with Gasteiger partial charge in [0.05, 0.1) is 0 Å². The fourth-order valence-corrected chi connectivity index (χ4v) is 8.71. The Hall–Kier alpha value is 0.375. The third-order valence-corrected chi connectivity index (χ3v) is 10.1. The first-order valence-corrected chi connectivity index (χ1v) is 9.91. The van der Waals surface area contributed by atoms with Gasteiger partial charge >= 0.3 is 107 Å². The van der Waals surface area contributed by atoms with E-state index in [4.69, 9.17) is 0 Å². The van der Waals surface area contributed by atoms with E-state index in [0.717, 1.165) is 0 Å². The van der Waals surface area contributed by atoms with E-state index < -0.39 is 7.59 Å². The summed E-state index contributed by atoms with van der Waals surface area (Å²) in [4.78, 5) is 0. The van der Waals surface area contributed by atoms with Gasteiger partial charge in [-0.05, 0) is 0 Å².